The lowest BCUT2D eigenvalue weighted by molar-refractivity contribution is -0.384. The van der Waals surface area contributed by atoms with E-state index in [9.17, 15) is 25.1 Å². The Hall–Kier alpha value is -3.42. The molecule has 0 bridgehead atoms. The average Bonchev–Trinajstić information content (AvgIpc) is 2.68. The number of ketones is 1. The monoisotopic (exact) mass is 364 g/mol. The van der Waals surface area contributed by atoms with E-state index in [1.54, 1.807) is 30.6 Å². The molecule has 0 unspecified atom stereocenters. The number of hydrogen-bond donors (Lipinski definition) is 2. The molecule has 1 aromatic heterocycles. The summed E-state index contributed by atoms with van der Waals surface area (Å²) in [5.74, 6) is -0.835. The summed E-state index contributed by atoms with van der Waals surface area (Å²) in [6.07, 6.45) is 1.68. The normalized spacial score (nSPS) is 10.8. The molecule has 0 aliphatic heterocycles. The Morgan fingerprint density at radius 1 is 1.00 bits per heavy atom. The smallest absolute Gasteiger partial charge is 0.270 e. The molecule has 7 heteroatoms. The third-order valence-corrected chi connectivity index (χ3v) is 4.06. The van der Waals surface area contributed by atoms with Gasteiger partial charge in [0.1, 0.15) is 0 Å². The molecule has 1 heterocycles. The minimum absolute atomic E-state index is 0.0675. The number of aliphatic hydroxyl groups excluding tert-OH is 1. The number of aromatic nitrogens is 1. The van der Waals surface area contributed by atoms with Gasteiger partial charge in [-0.15, -0.1) is 0 Å². The third kappa shape index (κ3) is 4.41. The van der Waals surface area contributed by atoms with Crippen molar-refractivity contribution >= 4 is 11.5 Å². The van der Waals surface area contributed by atoms with Gasteiger partial charge in [0.15, 0.2) is 0 Å². The lowest BCUT2D eigenvalue weighted by Gasteiger charge is -2.11. The van der Waals surface area contributed by atoms with Gasteiger partial charge in [-0.25, -0.2) is 0 Å². The first-order valence-electron chi connectivity index (χ1n) is 8.12. The topological polar surface area (TPSA) is 114 Å². The van der Waals surface area contributed by atoms with Crippen LogP contribution < -0.4 is 0 Å². The van der Waals surface area contributed by atoms with Crippen molar-refractivity contribution in [2.45, 2.75) is 12.7 Å². The van der Waals surface area contributed by atoms with Crippen LogP contribution in [0.15, 0.2) is 67.0 Å². The van der Waals surface area contributed by atoms with Gasteiger partial charge in [-0.3, -0.25) is 19.9 Å². The number of hydrogen-bond acceptors (Lipinski definition) is 6. The number of Topliss-reactive ketones (excluding diaryl/α,β-unsaturated/α-hetero) is 1. The maximum atomic E-state index is 12.1. The molecule has 0 amide bonds. The molecular formula is C20H16N2O5. The number of nitro groups is 1. The summed E-state index contributed by atoms with van der Waals surface area (Å²) >= 11 is 0. The summed E-state index contributed by atoms with van der Waals surface area (Å²) in [4.78, 5) is 26.6. The van der Waals surface area contributed by atoms with Gasteiger partial charge in [0.2, 0.25) is 12.1 Å². The Labute approximate surface area is 154 Å². The summed E-state index contributed by atoms with van der Waals surface area (Å²) in [5, 5.41) is 29.5. The van der Waals surface area contributed by atoms with Crippen LogP contribution in [-0.2, 0) is 6.42 Å². The van der Waals surface area contributed by atoms with Gasteiger partial charge in [-0.1, -0.05) is 18.2 Å². The second kappa shape index (κ2) is 7.86. The molecule has 136 valence electrons. The number of rotatable bonds is 6. The third-order valence-electron chi connectivity index (χ3n) is 4.06. The van der Waals surface area contributed by atoms with Crippen molar-refractivity contribution in [2.75, 3.05) is 0 Å². The Balaban J connectivity index is 2.08. The highest BCUT2D eigenvalue weighted by Gasteiger charge is 2.17. The largest absolute Gasteiger partial charge is 0.362 e. The van der Waals surface area contributed by atoms with Crippen molar-refractivity contribution in [1.82, 2.24) is 4.98 Å². The Morgan fingerprint density at radius 2 is 1.74 bits per heavy atom. The Morgan fingerprint density at radius 3 is 2.41 bits per heavy atom. The summed E-state index contributed by atoms with van der Waals surface area (Å²) in [6, 6.07) is 14.6. The van der Waals surface area contributed by atoms with Crippen LogP contribution in [0.2, 0.25) is 0 Å². The van der Waals surface area contributed by atoms with Gasteiger partial charge < -0.3 is 10.2 Å². The molecule has 2 N–H and O–H groups in total. The number of pyridine rings is 1. The first kappa shape index (κ1) is 18.4. The highest BCUT2D eigenvalue weighted by atomic mass is 16.6. The van der Waals surface area contributed by atoms with E-state index in [2.05, 4.69) is 4.98 Å². The second-order valence-corrected chi connectivity index (χ2v) is 6.00. The Bertz CT molecular complexity index is 987. The van der Waals surface area contributed by atoms with Crippen LogP contribution in [0.5, 0.6) is 0 Å². The fourth-order valence-corrected chi connectivity index (χ4v) is 2.79. The molecule has 0 aliphatic rings. The van der Waals surface area contributed by atoms with Crippen molar-refractivity contribution in [1.29, 1.82) is 0 Å². The molecule has 0 spiro atoms. The van der Waals surface area contributed by atoms with Crippen molar-refractivity contribution in [3.8, 4) is 11.1 Å². The molecule has 0 aliphatic carbocycles. The number of nitro benzene ring substituents is 1. The number of carbonyl (C=O) groups excluding carboxylic acids is 1. The lowest BCUT2D eigenvalue weighted by atomic mass is 9.95. The molecule has 27 heavy (non-hydrogen) atoms. The molecule has 0 fully saturated rings. The minimum atomic E-state index is -2.13. The molecule has 0 saturated heterocycles. The van der Waals surface area contributed by atoms with E-state index in [1.165, 1.54) is 18.2 Å². The highest BCUT2D eigenvalue weighted by molar-refractivity contribution is 5.99. The zero-order chi connectivity index (χ0) is 19.4. The molecular weight excluding hydrogens is 348 g/mol. The van der Waals surface area contributed by atoms with Gasteiger partial charge in [-0.2, -0.15) is 0 Å². The number of carbonyl (C=O) groups is 1. The zero-order valence-corrected chi connectivity index (χ0v) is 14.1. The molecule has 0 saturated carbocycles. The van der Waals surface area contributed by atoms with E-state index in [-0.39, 0.29) is 11.3 Å². The van der Waals surface area contributed by atoms with Gasteiger partial charge in [0.25, 0.3) is 5.69 Å². The highest BCUT2D eigenvalue weighted by Crippen LogP contribution is 2.27. The summed E-state index contributed by atoms with van der Waals surface area (Å²) in [7, 11) is 0. The predicted molar refractivity (Wildman–Crippen MR) is 98.1 cm³/mol. The van der Waals surface area contributed by atoms with E-state index in [0.717, 1.165) is 11.1 Å². The molecule has 7 nitrogen and oxygen atoms in total. The molecule has 0 radical (unpaired) electrons. The van der Waals surface area contributed by atoms with Gasteiger partial charge >= 0.3 is 0 Å². The first-order valence-corrected chi connectivity index (χ1v) is 8.12. The van der Waals surface area contributed by atoms with Crippen LogP contribution in [0.25, 0.3) is 11.1 Å². The average molecular weight is 364 g/mol. The predicted octanol–water partition coefficient (Wildman–Crippen LogP) is 2.74. The maximum Gasteiger partial charge on any atom is 0.270 e. The van der Waals surface area contributed by atoms with Gasteiger partial charge in [0, 0.05) is 30.1 Å². The van der Waals surface area contributed by atoms with Gasteiger partial charge in [0.05, 0.1) is 4.92 Å². The van der Waals surface area contributed by atoms with Crippen LogP contribution in [0.1, 0.15) is 21.5 Å². The number of benzene rings is 2. The Kier molecular flexibility index (Phi) is 5.35. The molecule has 3 rings (SSSR count). The fraction of sp³-hybridized carbons (Fsp3) is 0.100. The van der Waals surface area contributed by atoms with E-state index >= 15 is 0 Å². The zero-order valence-electron chi connectivity index (χ0n) is 14.1. The standard InChI is InChI=1S/C20H16N2O5/c23-19(20(24)25)17-10-14(8-13-4-6-21-7-5-13)9-16(11-17)15-2-1-3-18(12-15)22(26)27/h1-7,9-12,20,24-25H,8H2. The van der Waals surface area contributed by atoms with E-state index in [4.69, 9.17) is 0 Å². The van der Waals surface area contributed by atoms with E-state index in [1.807, 2.05) is 18.2 Å². The molecule has 3 aromatic rings. The number of aliphatic hydroxyl groups is 2. The fourth-order valence-electron chi connectivity index (χ4n) is 2.79. The van der Waals surface area contributed by atoms with Crippen LogP contribution in [0.3, 0.4) is 0 Å². The maximum absolute atomic E-state index is 12.1. The van der Waals surface area contributed by atoms with Crippen molar-refractivity contribution in [3.05, 3.63) is 93.8 Å². The van der Waals surface area contributed by atoms with Crippen LogP contribution in [0, 0.1) is 10.1 Å². The molecule has 0 atom stereocenters. The minimum Gasteiger partial charge on any atom is -0.362 e. The van der Waals surface area contributed by atoms with Crippen molar-refractivity contribution in [3.63, 3.8) is 0 Å². The quantitative estimate of drug-likeness (QED) is 0.301. The SMILES string of the molecule is O=C(c1cc(Cc2ccncc2)cc(-c2cccc([N+](=O)[O-])c2)c1)C(O)O. The second-order valence-electron chi connectivity index (χ2n) is 6.00. The van der Waals surface area contributed by atoms with E-state index in [0.29, 0.717) is 17.5 Å². The summed E-state index contributed by atoms with van der Waals surface area (Å²) in [6.45, 7) is 0. The lowest BCUT2D eigenvalue weighted by Crippen LogP contribution is -2.19. The van der Waals surface area contributed by atoms with Crippen LogP contribution >= 0.6 is 0 Å². The number of nitrogens with zero attached hydrogens (tertiary/aromatic N) is 2. The van der Waals surface area contributed by atoms with E-state index < -0.39 is 17.0 Å². The summed E-state index contributed by atoms with van der Waals surface area (Å²) in [5.41, 5.74) is 2.91. The summed E-state index contributed by atoms with van der Waals surface area (Å²) < 4.78 is 0. The first-order chi connectivity index (χ1) is 12.9. The van der Waals surface area contributed by atoms with Crippen molar-refractivity contribution in [2.24, 2.45) is 0 Å². The van der Waals surface area contributed by atoms with Crippen LogP contribution in [-0.4, -0.2) is 32.2 Å². The van der Waals surface area contributed by atoms with Gasteiger partial charge in [-0.05, 0) is 52.9 Å². The number of non-ortho nitro benzene ring substituents is 1. The van der Waals surface area contributed by atoms with Crippen LogP contribution in [0.4, 0.5) is 5.69 Å². The van der Waals surface area contributed by atoms with Crippen molar-refractivity contribution < 1.29 is 19.9 Å². The molecule has 2 aromatic carbocycles.